The molecule has 1 aliphatic rings. The molecule has 0 aromatic heterocycles. The van der Waals surface area contributed by atoms with E-state index in [9.17, 15) is 9.59 Å². The quantitative estimate of drug-likeness (QED) is 0.808. The maximum atomic E-state index is 12.3. The van der Waals surface area contributed by atoms with Gasteiger partial charge in [0.2, 0.25) is 11.8 Å². The number of nitrogens with zero attached hydrogens (tertiary/aromatic N) is 2. The average molecular weight is 380 g/mol. The second-order valence-corrected chi connectivity index (χ2v) is 7.28. The highest BCUT2D eigenvalue weighted by Crippen LogP contribution is 2.14. The van der Waals surface area contributed by atoms with E-state index in [0.717, 1.165) is 48.7 Å². The number of hydrogen-bond donors (Lipinski definition) is 2. The van der Waals surface area contributed by atoms with E-state index in [1.54, 1.807) is 0 Å². The van der Waals surface area contributed by atoms with Gasteiger partial charge >= 0.3 is 0 Å². The third kappa shape index (κ3) is 5.65. The van der Waals surface area contributed by atoms with E-state index >= 15 is 0 Å². The van der Waals surface area contributed by atoms with Crippen molar-refractivity contribution in [1.82, 2.24) is 9.80 Å². The Hall–Kier alpha value is -2.70. The number of benzene rings is 2. The first-order valence-electron chi connectivity index (χ1n) is 9.67. The Morgan fingerprint density at radius 2 is 1.07 bits per heavy atom. The van der Waals surface area contributed by atoms with Crippen molar-refractivity contribution >= 4 is 23.2 Å². The normalized spacial score (nSPS) is 15.2. The molecule has 148 valence electrons. The topological polar surface area (TPSA) is 64.7 Å². The fourth-order valence-corrected chi connectivity index (χ4v) is 3.32. The fourth-order valence-electron chi connectivity index (χ4n) is 3.32. The second-order valence-electron chi connectivity index (χ2n) is 7.28. The van der Waals surface area contributed by atoms with Gasteiger partial charge in [-0.3, -0.25) is 19.4 Å². The van der Waals surface area contributed by atoms with Crippen molar-refractivity contribution in [3.05, 3.63) is 59.7 Å². The molecule has 0 aliphatic carbocycles. The molecule has 0 spiro atoms. The third-order valence-corrected chi connectivity index (χ3v) is 5.04. The van der Waals surface area contributed by atoms with Crippen molar-refractivity contribution in [1.29, 1.82) is 0 Å². The molecule has 6 heteroatoms. The molecular formula is C22H28N4O2. The molecule has 1 heterocycles. The molecule has 0 saturated carbocycles. The van der Waals surface area contributed by atoms with Crippen molar-refractivity contribution in [3.8, 4) is 0 Å². The van der Waals surface area contributed by atoms with Crippen LogP contribution in [0.15, 0.2) is 48.5 Å². The molecule has 3 rings (SSSR count). The molecule has 0 radical (unpaired) electrons. The van der Waals surface area contributed by atoms with E-state index < -0.39 is 0 Å². The summed E-state index contributed by atoms with van der Waals surface area (Å²) in [6.45, 7) is 7.82. The number of carbonyl (C=O) groups excluding carboxylic acids is 2. The van der Waals surface area contributed by atoms with Gasteiger partial charge in [-0.15, -0.1) is 0 Å². The van der Waals surface area contributed by atoms with Crippen LogP contribution in [0.25, 0.3) is 0 Å². The van der Waals surface area contributed by atoms with Crippen LogP contribution in [0.4, 0.5) is 11.4 Å². The maximum Gasteiger partial charge on any atom is 0.238 e. The Morgan fingerprint density at radius 1 is 0.714 bits per heavy atom. The van der Waals surface area contributed by atoms with E-state index in [4.69, 9.17) is 0 Å². The van der Waals surface area contributed by atoms with Crippen molar-refractivity contribution in [3.63, 3.8) is 0 Å². The van der Waals surface area contributed by atoms with Gasteiger partial charge in [0.25, 0.3) is 0 Å². The van der Waals surface area contributed by atoms with Gasteiger partial charge in [0.1, 0.15) is 0 Å². The first-order valence-corrected chi connectivity index (χ1v) is 9.67. The zero-order valence-electron chi connectivity index (χ0n) is 16.6. The molecule has 2 aromatic rings. The standard InChI is InChI=1S/C22H28N4O2/c1-17-7-3-5-9-19(17)23-21(27)15-25-11-13-26(14-12-25)16-22(28)24-20-10-6-4-8-18(20)2/h3-10H,11-16H2,1-2H3,(H,23,27)(H,24,28). The van der Waals surface area contributed by atoms with Crippen LogP contribution in [0.3, 0.4) is 0 Å². The van der Waals surface area contributed by atoms with Crippen molar-refractivity contribution in [2.75, 3.05) is 49.9 Å². The predicted octanol–water partition coefficient (Wildman–Crippen LogP) is 2.50. The summed E-state index contributed by atoms with van der Waals surface area (Å²) in [6, 6.07) is 15.6. The van der Waals surface area contributed by atoms with Crippen LogP contribution in [-0.4, -0.2) is 60.9 Å². The summed E-state index contributed by atoms with van der Waals surface area (Å²) < 4.78 is 0. The lowest BCUT2D eigenvalue weighted by molar-refractivity contribution is -0.120. The van der Waals surface area contributed by atoms with E-state index in [2.05, 4.69) is 20.4 Å². The average Bonchev–Trinajstić information content (AvgIpc) is 2.67. The summed E-state index contributed by atoms with van der Waals surface area (Å²) in [6.07, 6.45) is 0. The number of nitrogens with one attached hydrogen (secondary N) is 2. The van der Waals surface area contributed by atoms with Gasteiger partial charge in [-0.1, -0.05) is 36.4 Å². The molecule has 28 heavy (non-hydrogen) atoms. The summed E-state index contributed by atoms with van der Waals surface area (Å²) in [4.78, 5) is 28.9. The molecule has 0 atom stereocenters. The van der Waals surface area contributed by atoms with E-state index in [1.165, 1.54) is 0 Å². The molecular weight excluding hydrogens is 352 g/mol. The lowest BCUT2D eigenvalue weighted by Gasteiger charge is -2.33. The monoisotopic (exact) mass is 380 g/mol. The highest BCUT2D eigenvalue weighted by atomic mass is 16.2. The Bertz CT molecular complexity index is 759. The number of aryl methyl sites for hydroxylation is 2. The van der Waals surface area contributed by atoms with Crippen molar-refractivity contribution < 1.29 is 9.59 Å². The number of carbonyl (C=O) groups is 2. The summed E-state index contributed by atoms with van der Waals surface area (Å²) in [5.41, 5.74) is 3.83. The van der Waals surface area contributed by atoms with Crippen LogP contribution < -0.4 is 10.6 Å². The number of amides is 2. The number of anilines is 2. The lowest BCUT2D eigenvalue weighted by Crippen LogP contribution is -2.50. The Kier molecular flexibility index (Phi) is 6.79. The number of hydrogen-bond acceptors (Lipinski definition) is 4. The molecule has 1 fully saturated rings. The van der Waals surface area contributed by atoms with Crippen molar-refractivity contribution in [2.45, 2.75) is 13.8 Å². The molecule has 2 amide bonds. The smallest absolute Gasteiger partial charge is 0.238 e. The first-order chi connectivity index (χ1) is 13.5. The maximum absolute atomic E-state index is 12.3. The van der Waals surface area contributed by atoms with Gasteiger partial charge in [0.15, 0.2) is 0 Å². The highest BCUT2D eigenvalue weighted by Gasteiger charge is 2.21. The van der Waals surface area contributed by atoms with Gasteiger partial charge in [-0.25, -0.2) is 0 Å². The van der Waals surface area contributed by atoms with Crippen LogP contribution in [-0.2, 0) is 9.59 Å². The molecule has 0 unspecified atom stereocenters. The van der Waals surface area contributed by atoms with Crippen LogP contribution in [0.2, 0.25) is 0 Å². The van der Waals surface area contributed by atoms with Crippen LogP contribution in [0.5, 0.6) is 0 Å². The molecule has 2 N–H and O–H groups in total. The van der Waals surface area contributed by atoms with E-state index in [1.807, 2.05) is 62.4 Å². The molecule has 1 aliphatic heterocycles. The van der Waals surface area contributed by atoms with Crippen LogP contribution in [0, 0.1) is 13.8 Å². The molecule has 2 aromatic carbocycles. The zero-order valence-corrected chi connectivity index (χ0v) is 16.6. The summed E-state index contributed by atoms with van der Waals surface area (Å²) >= 11 is 0. The summed E-state index contributed by atoms with van der Waals surface area (Å²) in [5.74, 6) is 0.0000849. The minimum atomic E-state index is 0.0000425. The second kappa shape index (κ2) is 9.48. The zero-order chi connectivity index (χ0) is 19.9. The summed E-state index contributed by atoms with van der Waals surface area (Å²) in [5, 5.41) is 5.95. The number of rotatable bonds is 6. The van der Waals surface area contributed by atoms with Crippen molar-refractivity contribution in [2.24, 2.45) is 0 Å². The minimum Gasteiger partial charge on any atom is -0.325 e. The molecule has 6 nitrogen and oxygen atoms in total. The van der Waals surface area contributed by atoms with Crippen LogP contribution in [0.1, 0.15) is 11.1 Å². The molecule has 0 bridgehead atoms. The van der Waals surface area contributed by atoms with Gasteiger partial charge in [0, 0.05) is 37.6 Å². The lowest BCUT2D eigenvalue weighted by atomic mass is 10.2. The van der Waals surface area contributed by atoms with E-state index in [-0.39, 0.29) is 11.8 Å². The first kappa shape index (κ1) is 20.0. The van der Waals surface area contributed by atoms with Gasteiger partial charge in [-0.2, -0.15) is 0 Å². The number of para-hydroxylation sites is 2. The third-order valence-electron chi connectivity index (χ3n) is 5.04. The van der Waals surface area contributed by atoms with Crippen LogP contribution >= 0.6 is 0 Å². The van der Waals surface area contributed by atoms with Gasteiger partial charge in [0.05, 0.1) is 13.1 Å². The van der Waals surface area contributed by atoms with Gasteiger partial charge < -0.3 is 10.6 Å². The van der Waals surface area contributed by atoms with Gasteiger partial charge in [-0.05, 0) is 37.1 Å². The van der Waals surface area contributed by atoms with E-state index in [0.29, 0.717) is 13.1 Å². The number of piperazine rings is 1. The largest absolute Gasteiger partial charge is 0.325 e. The Balaban J connectivity index is 1.40. The highest BCUT2D eigenvalue weighted by molar-refractivity contribution is 5.93. The minimum absolute atomic E-state index is 0.0000425. The fraction of sp³-hybridized carbons (Fsp3) is 0.364. The SMILES string of the molecule is Cc1ccccc1NC(=O)CN1CCN(CC(=O)Nc2ccccc2C)CC1. The predicted molar refractivity (Wildman–Crippen MR) is 112 cm³/mol. The molecule has 1 saturated heterocycles. The Labute approximate surface area is 166 Å². The summed E-state index contributed by atoms with van der Waals surface area (Å²) in [7, 11) is 0. The Morgan fingerprint density at radius 3 is 1.43 bits per heavy atom.